The molecule has 1 aromatic heterocycles. The lowest BCUT2D eigenvalue weighted by Gasteiger charge is -2.18. The summed E-state index contributed by atoms with van der Waals surface area (Å²) in [5.41, 5.74) is 0. The van der Waals surface area contributed by atoms with Gasteiger partial charge in [-0.2, -0.15) is 0 Å². The minimum Gasteiger partial charge on any atom is -0.471 e. The summed E-state index contributed by atoms with van der Waals surface area (Å²) >= 11 is 0. The Labute approximate surface area is 229 Å². The molecule has 8 heteroatoms. The van der Waals surface area contributed by atoms with E-state index in [1.807, 2.05) is 0 Å². The van der Waals surface area contributed by atoms with E-state index in [4.69, 9.17) is 19.3 Å². The number of hydrogen-bond acceptors (Lipinski definition) is 7. The molecule has 0 fully saturated rings. The van der Waals surface area contributed by atoms with E-state index < -0.39 is 10.8 Å². The van der Waals surface area contributed by atoms with Gasteiger partial charge in [0.2, 0.25) is 5.88 Å². The molecule has 2 unspecified atom stereocenters. The highest BCUT2D eigenvalue weighted by molar-refractivity contribution is 7.85. The predicted molar refractivity (Wildman–Crippen MR) is 153 cm³/mol. The molecule has 2 atom stereocenters. The number of hydrogen-bond donors (Lipinski definition) is 1. The van der Waals surface area contributed by atoms with Crippen molar-refractivity contribution in [3.05, 3.63) is 18.6 Å². The molecular formula is C29H54N2O5S. The molecule has 7 nitrogen and oxygen atoms in total. The largest absolute Gasteiger partial charge is 0.471 e. The van der Waals surface area contributed by atoms with Crippen LogP contribution in [0.5, 0.6) is 5.88 Å². The molecule has 0 amide bonds. The van der Waals surface area contributed by atoms with Crippen molar-refractivity contribution in [3.63, 3.8) is 0 Å². The highest BCUT2D eigenvalue weighted by Crippen LogP contribution is 2.14. The second kappa shape index (κ2) is 26.5. The van der Waals surface area contributed by atoms with Crippen molar-refractivity contribution in [2.24, 2.45) is 0 Å². The van der Waals surface area contributed by atoms with E-state index in [9.17, 15) is 4.21 Å². The molecule has 0 aliphatic carbocycles. The normalized spacial score (nSPS) is 13.0. The molecule has 216 valence electrons. The average Bonchev–Trinajstić information content (AvgIpc) is 2.91. The van der Waals surface area contributed by atoms with Crippen LogP contribution < -0.4 is 4.74 Å². The van der Waals surface area contributed by atoms with E-state index in [0.717, 1.165) is 6.42 Å². The van der Waals surface area contributed by atoms with Crippen LogP contribution in [0.15, 0.2) is 18.6 Å². The van der Waals surface area contributed by atoms with Crippen LogP contribution in [0.25, 0.3) is 0 Å². The summed E-state index contributed by atoms with van der Waals surface area (Å²) in [5, 5.41) is 8.77. The molecule has 0 aromatic carbocycles. The lowest BCUT2D eigenvalue weighted by Crippen LogP contribution is -2.31. The summed E-state index contributed by atoms with van der Waals surface area (Å²) in [6.07, 6.45) is 24.3. The Kier molecular flexibility index (Phi) is 24.3. The first-order valence-electron chi connectivity index (χ1n) is 14.8. The van der Waals surface area contributed by atoms with E-state index >= 15 is 0 Å². The quantitative estimate of drug-likeness (QED) is 0.125. The number of unbranched alkanes of at least 4 members (excludes halogenated alkanes) is 15. The van der Waals surface area contributed by atoms with Crippen LogP contribution in [0.3, 0.4) is 0 Å². The SMILES string of the molecule is CCCCCCCCCCCCCCCCCCOCC(CS(=O)CCOCCO)Oc1ccncn1. The Morgan fingerprint density at radius 1 is 0.811 bits per heavy atom. The van der Waals surface area contributed by atoms with Gasteiger partial charge in [-0.3, -0.25) is 4.21 Å². The van der Waals surface area contributed by atoms with Gasteiger partial charge in [-0.05, 0) is 6.42 Å². The number of rotatable bonds is 28. The molecule has 0 bridgehead atoms. The van der Waals surface area contributed by atoms with E-state index in [1.165, 1.54) is 103 Å². The summed E-state index contributed by atoms with van der Waals surface area (Å²) in [7, 11) is -1.10. The topological polar surface area (TPSA) is 90.8 Å². The van der Waals surface area contributed by atoms with Crippen molar-refractivity contribution >= 4 is 10.8 Å². The first-order valence-corrected chi connectivity index (χ1v) is 16.3. The number of ether oxygens (including phenoxy) is 3. The highest BCUT2D eigenvalue weighted by atomic mass is 32.2. The average molecular weight is 543 g/mol. The Morgan fingerprint density at radius 2 is 1.41 bits per heavy atom. The lowest BCUT2D eigenvalue weighted by atomic mass is 10.0. The van der Waals surface area contributed by atoms with E-state index in [2.05, 4.69) is 16.9 Å². The van der Waals surface area contributed by atoms with Gasteiger partial charge in [-0.15, -0.1) is 0 Å². The number of aromatic nitrogens is 2. The molecule has 1 heterocycles. The molecule has 1 rings (SSSR count). The maximum Gasteiger partial charge on any atom is 0.216 e. The van der Waals surface area contributed by atoms with Gasteiger partial charge < -0.3 is 19.3 Å². The molecular weight excluding hydrogens is 488 g/mol. The zero-order valence-electron chi connectivity index (χ0n) is 23.5. The molecule has 0 spiro atoms. The van der Waals surface area contributed by atoms with Crippen molar-refractivity contribution < 1.29 is 23.5 Å². The Balaban J connectivity index is 2.02. The van der Waals surface area contributed by atoms with Crippen LogP contribution in [0.4, 0.5) is 0 Å². The second-order valence-electron chi connectivity index (χ2n) is 9.81. The zero-order chi connectivity index (χ0) is 26.7. The van der Waals surface area contributed by atoms with Gasteiger partial charge in [0.15, 0.2) is 0 Å². The summed E-state index contributed by atoms with van der Waals surface area (Å²) in [5.74, 6) is 1.22. The third-order valence-electron chi connectivity index (χ3n) is 6.35. The van der Waals surface area contributed by atoms with Gasteiger partial charge in [0.05, 0.1) is 32.2 Å². The number of nitrogens with zero attached hydrogens (tertiary/aromatic N) is 2. The number of aliphatic hydroxyl groups is 1. The maximum absolute atomic E-state index is 12.4. The molecule has 0 saturated heterocycles. The van der Waals surface area contributed by atoms with Gasteiger partial charge >= 0.3 is 0 Å². The van der Waals surface area contributed by atoms with Gasteiger partial charge in [0.25, 0.3) is 0 Å². The van der Waals surface area contributed by atoms with Gasteiger partial charge in [-0.1, -0.05) is 103 Å². The van der Waals surface area contributed by atoms with Crippen LogP contribution in [-0.2, 0) is 20.3 Å². The van der Waals surface area contributed by atoms with Crippen LogP contribution in [-0.4, -0.2) is 69.9 Å². The fraction of sp³-hybridized carbons (Fsp3) is 0.862. The molecule has 0 radical (unpaired) electrons. The van der Waals surface area contributed by atoms with Crippen LogP contribution >= 0.6 is 0 Å². The summed E-state index contributed by atoms with van der Waals surface area (Å²) in [6, 6.07) is 1.69. The maximum atomic E-state index is 12.4. The smallest absolute Gasteiger partial charge is 0.216 e. The standard InChI is InChI=1S/C29H54N2O5S/c1-2-3-4-5-6-7-8-9-10-11-12-13-14-15-16-17-21-35-25-28(36-29-18-19-30-27-31-29)26-37(33)24-23-34-22-20-32/h18-19,27-28,32H,2-17,20-26H2,1H3. The minimum atomic E-state index is -1.10. The van der Waals surface area contributed by atoms with Crippen molar-refractivity contribution in [3.8, 4) is 5.88 Å². The zero-order valence-corrected chi connectivity index (χ0v) is 24.3. The number of aliphatic hydroxyl groups excluding tert-OH is 1. The molecule has 1 N–H and O–H groups in total. The fourth-order valence-corrected chi connectivity index (χ4v) is 5.26. The molecule has 1 aromatic rings. The van der Waals surface area contributed by atoms with Gasteiger partial charge in [0.1, 0.15) is 12.4 Å². The second-order valence-corrected chi connectivity index (χ2v) is 11.4. The van der Waals surface area contributed by atoms with Crippen LogP contribution in [0, 0.1) is 0 Å². The molecule has 0 aliphatic heterocycles. The van der Waals surface area contributed by atoms with E-state index in [-0.39, 0.29) is 19.3 Å². The third-order valence-corrected chi connectivity index (χ3v) is 7.72. The lowest BCUT2D eigenvalue weighted by molar-refractivity contribution is 0.0559. The van der Waals surface area contributed by atoms with Crippen LogP contribution in [0.2, 0.25) is 0 Å². The van der Waals surface area contributed by atoms with Crippen molar-refractivity contribution in [1.82, 2.24) is 9.97 Å². The monoisotopic (exact) mass is 542 g/mol. The Hall–Kier alpha value is -1.09. The highest BCUT2D eigenvalue weighted by Gasteiger charge is 2.16. The summed E-state index contributed by atoms with van der Waals surface area (Å²) in [6.45, 7) is 3.94. The Morgan fingerprint density at radius 3 is 1.95 bits per heavy atom. The summed E-state index contributed by atoms with van der Waals surface area (Å²) in [4.78, 5) is 8.01. The first-order chi connectivity index (χ1) is 18.3. The Bertz CT molecular complexity index is 624. The van der Waals surface area contributed by atoms with Crippen molar-refractivity contribution in [2.45, 2.75) is 116 Å². The minimum absolute atomic E-state index is 0.0285. The van der Waals surface area contributed by atoms with Crippen LogP contribution in [0.1, 0.15) is 110 Å². The van der Waals surface area contributed by atoms with Gasteiger partial charge in [-0.25, -0.2) is 9.97 Å². The predicted octanol–water partition coefficient (Wildman–Crippen LogP) is 6.26. The third kappa shape index (κ3) is 22.6. The molecule has 0 aliphatic rings. The van der Waals surface area contributed by atoms with E-state index in [0.29, 0.717) is 37.2 Å². The van der Waals surface area contributed by atoms with E-state index in [1.54, 1.807) is 12.3 Å². The van der Waals surface area contributed by atoms with Crippen molar-refractivity contribution in [1.29, 1.82) is 0 Å². The van der Waals surface area contributed by atoms with Gasteiger partial charge in [0, 0.05) is 35.4 Å². The molecule has 0 saturated carbocycles. The fourth-order valence-electron chi connectivity index (χ4n) is 4.21. The van der Waals surface area contributed by atoms with Crippen molar-refractivity contribution in [2.75, 3.05) is 44.5 Å². The molecule has 37 heavy (non-hydrogen) atoms. The first kappa shape index (κ1) is 33.9. The summed E-state index contributed by atoms with van der Waals surface area (Å²) < 4.78 is 29.4.